The van der Waals surface area contributed by atoms with Crippen molar-refractivity contribution in [1.29, 1.82) is 0 Å². The van der Waals surface area contributed by atoms with Crippen LogP contribution in [-0.4, -0.2) is 0 Å². The molecule has 6 rings (SSSR count). The molecule has 0 aliphatic carbocycles. The normalized spacial score (nSPS) is 12.5. The first-order valence-corrected chi connectivity index (χ1v) is 8.94. The molecule has 0 saturated heterocycles. The molecule has 1 aromatic heterocycles. The molecule has 2 heteroatoms. The van der Waals surface area contributed by atoms with Crippen LogP contribution in [0, 0.1) is 0 Å². The van der Waals surface area contributed by atoms with Gasteiger partial charge in [-0.25, -0.2) is 0 Å². The zero-order valence-corrected chi connectivity index (χ0v) is 13.7. The maximum atomic E-state index is 3.65. The smallest absolute Gasteiger partial charge is 0.0478 e. The molecule has 5 aromatic rings. The standard InChI is InChI=1S/C22H13NS/c1-2-10-20-14(7-1)17-11-16-15-8-3-5-13-6-4-9-18(22(13)15)23-19(16)12-21(17)24-20/h1-12,23H. The van der Waals surface area contributed by atoms with Crippen LogP contribution in [0.5, 0.6) is 0 Å². The summed E-state index contributed by atoms with van der Waals surface area (Å²) in [5, 5.41) is 8.97. The summed E-state index contributed by atoms with van der Waals surface area (Å²) in [6, 6.07) is 26.4. The van der Waals surface area contributed by atoms with Gasteiger partial charge in [-0.1, -0.05) is 48.5 Å². The van der Waals surface area contributed by atoms with Crippen LogP contribution < -0.4 is 5.32 Å². The van der Waals surface area contributed by atoms with E-state index in [4.69, 9.17) is 0 Å². The van der Waals surface area contributed by atoms with Crippen LogP contribution in [0.1, 0.15) is 0 Å². The molecule has 0 fully saturated rings. The first-order chi connectivity index (χ1) is 11.9. The van der Waals surface area contributed by atoms with Gasteiger partial charge in [0.2, 0.25) is 0 Å². The Hall–Kier alpha value is -2.84. The molecule has 1 nitrogen and oxygen atoms in total. The monoisotopic (exact) mass is 323 g/mol. The number of hydrogen-bond donors (Lipinski definition) is 1. The van der Waals surface area contributed by atoms with Crippen molar-refractivity contribution in [2.45, 2.75) is 0 Å². The Kier molecular flexibility index (Phi) is 2.29. The van der Waals surface area contributed by atoms with Gasteiger partial charge in [-0.3, -0.25) is 0 Å². The summed E-state index contributed by atoms with van der Waals surface area (Å²) in [6.45, 7) is 0. The molecule has 1 aliphatic rings. The molecule has 2 heterocycles. The van der Waals surface area contributed by atoms with Crippen LogP contribution >= 0.6 is 11.3 Å². The molecule has 4 aromatic carbocycles. The van der Waals surface area contributed by atoms with E-state index in [0.29, 0.717) is 0 Å². The SMILES string of the molecule is c1cc2c3c(cccc3c1)-c1cc3c(cc1N2)sc1ccccc13. The molecule has 0 bridgehead atoms. The van der Waals surface area contributed by atoms with Crippen molar-refractivity contribution >= 4 is 53.7 Å². The highest BCUT2D eigenvalue weighted by atomic mass is 32.1. The van der Waals surface area contributed by atoms with Crippen LogP contribution in [0.15, 0.2) is 72.8 Å². The minimum atomic E-state index is 1.20. The molecule has 0 spiro atoms. The number of nitrogens with one attached hydrogen (secondary N) is 1. The fourth-order valence-electron chi connectivity index (χ4n) is 3.91. The van der Waals surface area contributed by atoms with Gasteiger partial charge in [0.05, 0.1) is 0 Å². The first kappa shape index (κ1) is 12.6. The van der Waals surface area contributed by atoms with Gasteiger partial charge >= 0.3 is 0 Å². The van der Waals surface area contributed by atoms with Gasteiger partial charge in [0, 0.05) is 42.5 Å². The molecule has 24 heavy (non-hydrogen) atoms. The molecule has 112 valence electrons. The largest absolute Gasteiger partial charge is 0.354 e. The van der Waals surface area contributed by atoms with Crippen molar-refractivity contribution in [3.8, 4) is 11.1 Å². The summed E-state index contributed by atoms with van der Waals surface area (Å²) in [5.74, 6) is 0. The Morgan fingerprint density at radius 2 is 1.50 bits per heavy atom. The van der Waals surface area contributed by atoms with E-state index in [0.717, 1.165) is 0 Å². The molecule has 0 radical (unpaired) electrons. The van der Waals surface area contributed by atoms with Gasteiger partial charge in [0.15, 0.2) is 0 Å². The maximum absolute atomic E-state index is 3.65. The third-order valence-corrected chi connectivity index (χ3v) is 6.11. The topological polar surface area (TPSA) is 12.0 Å². The van der Waals surface area contributed by atoms with Gasteiger partial charge in [-0.2, -0.15) is 0 Å². The molecule has 1 aliphatic heterocycles. The lowest BCUT2D eigenvalue weighted by atomic mass is 9.91. The van der Waals surface area contributed by atoms with Gasteiger partial charge < -0.3 is 5.32 Å². The van der Waals surface area contributed by atoms with Crippen LogP contribution in [0.2, 0.25) is 0 Å². The zero-order chi connectivity index (χ0) is 15.7. The highest BCUT2D eigenvalue weighted by molar-refractivity contribution is 7.25. The predicted octanol–water partition coefficient (Wildman–Crippen LogP) is 6.93. The number of rotatable bonds is 0. The summed E-state index contributed by atoms with van der Waals surface area (Å²) < 4.78 is 2.69. The second kappa shape index (κ2) is 4.37. The molecular weight excluding hydrogens is 310 g/mol. The number of fused-ring (bicyclic) bond motifs is 5. The van der Waals surface area contributed by atoms with Crippen molar-refractivity contribution in [2.24, 2.45) is 0 Å². The Balaban J connectivity index is 1.78. The van der Waals surface area contributed by atoms with Gasteiger partial charge in [0.1, 0.15) is 0 Å². The van der Waals surface area contributed by atoms with E-state index >= 15 is 0 Å². The van der Waals surface area contributed by atoms with Crippen LogP contribution in [0.3, 0.4) is 0 Å². The van der Waals surface area contributed by atoms with E-state index in [1.165, 1.54) is 53.4 Å². The number of thiophene rings is 1. The molecule has 0 amide bonds. The Morgan fingerprint density at radius 3 is 2.46 bits per heavy atom. The van der Waals surface area contributed by atoms with Crippen molar-refractivity contribution in [3.05, 3.63) is 72.8 Å². The summed E-state index contributed by atoms with van der Waals surface area (Å²) in [7, 11) is 0. The van der Waals surface area contributed by atoms with E-state index in [-0.39, 0.29) is 0 Å². The van der Waals surface area contributed by atoms with E-state index < -0.39 is 0 Å². The minimum absolute atomic E-state index is 1.20. The fraction of sp³-hybridized carbons (Fsp3) is 0. The Morgan fingerprint density at radius 1 is 0.625 bits per heavy atom. The lowest BCUT2D eigenvalue weighted by Crippen LogP contribution is -2.00. The summed E-state index contributed by atoms with van der Waals surface area (Å²) in [4.78, 5) is 0. The van der Waals surface area contributed by atoms with Crippen molar-refractivity contribution < 1.29 is 0 Å². The number of benzene rings is 4. The lowest BCUT2D eigenvalue weighted by Gasteiger charge is -2.22. The van der Waals surface area contributed by atoms with Crippen LogP contribution in [-0.2, 0) is 0 Å². The highest BCUT2D eigenvalue weighted by Crippen LogP contribution is 2.47. The van der Waals surface area contributed by atoms with E-state index in [9.17, 15) is 0 Å². The lowest BCUT2D eigenvalue weighted by molar-refractivity contribution is 1.56. The Bertz CT molecular complexity index is 1270. The third kappa shape index (κ3) is 1.53. The Labute approximate surface area is 143 Å². The molecule has 0 unspecified atom stereocenters. The minimum Gasteiger partial charge on any atom is -0.354 e. The van der Waals surface area contributed by atoms with E-state index in [1.54, 1.807) is 0 Å². The maximum Gasteiger partial charge on any atom is 0.0478 e. The quantitative estimate of drug-likeness (QED) is 0.319. The summed E-state index contributed by atoms with van der Waals surface area (Å²) >= 11 is 1.87. The van der Waals surface area contributed by atoms with E-state index in [1.807, 2.05) is 11.3 Å². The zero-order valence-electron chi connectivity index (χ0n) is 12.8. The predicted molar refractivity (Wildman–Crippen MR) is 106 cm³/mol. The highest BCUT2D eigenvalue weighted by Gasteiger charge is 2.19. The van der Waals surface area contributed by atoms with Crippen LogP contribution in [0.25, 0.3) is 42.1 Å². The van der Waals surface area contributed by atoms with Gasteiger partial charge in [-0.05, 0) is 35.2 Å². The second-order valence-electron chi connectivity index (χ2n) is 6.33. The first-order valence-electron chi connectivity index (χ1n) is 8.13. The van der Waals surface area contributed by atoms with Crippen molar-refractivity contribution in [1.82, 2.24) is 0 Å². The fourth-order valence-corrected chi connectivity index (χ4v) is 5.04. The average molecular weight is 323 g/mol. The molecule has 0 saturated carbocycles. The van der Waals surface area contributed by atoms with E-state index in [2.05, 4.69) is 78.1 Å². The second-order valence-corrected chi connectivity index (χ2v) is 7.41. The molecule has 0 atom stereocenters. The number of hydrogen-bond acceptors (Lipinski definition) is 2. The molecular formula is C22H13NS. The van der Waals surface area contributed by atoms with Gasteiger partial charge in [0.25, 0.3) is 0 Å². The number of anilines is 2. The summed E-state index contributed by atoms with van der Waals surface area (Å²) in [5.41, 5.74) is 5.04. The van der Waals surface area contributed by atoms with Crippen molar-refractivity contribution in [2.75, 3.05) is 5.32 Å². The average Bonchev–Trinajstić information content (AvgIpc) is 2.98. The molecule has 1 N–H and O–H groups in total. The summed E-state index contributed by atoms with van der Waals surface area (Å²) in [6.07, 6.45) is 0. The third-order valence-electron chi connectivity index (χ3n) is 4.98. The van der Waals surface area contributed by atoms with Crippen LogP contribution in [0.4, 0.5) is 11.4 Å². The van der Waals surface area contributed by atoms with Crippen molar-refractivity contribution in [3.63, 3.8) is 0 Å². The van der Waals surface area contributed by atoms with Gasteiger partial charge in [-0.15, -0.1) is 11.3 Å².